The number of aryl methyl sites for hydroxylation is 1. The van der Waals surface area contributed by atoms with Crippen LogP contribution in [0, 0.1) is 0 Å². The molecule has 4 aromatic heterocycles. The lowest BCUT2D eigenvalue weighted by Gasteiger charge is -2.12. The van der Waals surface area contributed by atoms with E-state index >= 15 is 0 Å². The van der Waals surface area contributed by atoms with Crippen molar-refractivity contribution in [2.24, 2.45) is 7.05 Å². The molecule has 11 nitrogen and oxygen atoms in total. The SMILES string of the molecule is CNc1cc(Nc2cc(Cl)cn(-c3cnn(C)c3)c2=O)nc2c(C(=O)N[C@H]3C[C@H]3F)cnn12. The van der Waals surface area contributed by atoms with Gasteiger partial charge in [-0.15, -0.1) is 0 Å². The first-order chi connectivity index (χ1) is 15.8. The zero-order valence-electron chi connectivity index (χ0n) is 17.6. The molecule has 1 aliphatic carbocycles. The number of aromatic nitrogens is 6. The van der Waals surface area contributed by atoms with Crippen LogP contribution < -0.4 is 21.5 Å². The fourth-order valence-electron chi connectivity index (χ4n) is 3.43. The highest BCUT2D eigenvalue weighted by Gasteiger charge is 2.39. The summed E-state index contributed by atoms with van der Waals surface area (Å²) in [6.45, 7) is 0. The molecule has 0 spiro atoms. The summed E-state index contributed by atoms with van der Waals surface area (Å²) < 4.78 is 17.6. The fraction of sp³-hybridized carbons (Fsp3) is 0.250. The van der Waals surface area contributed by atoms with Crippen LogP contribution in [-0.4, -0.2) is 54.1 Å². The van der Waals surface area contributed by atoms with Gasteiger partial charge in [-0.05, 0) is 6.07 Å². The van der Waals surface area contributed by atoms with Gasteiger partial charge in [0, 0.05) is 39.0 Å². The van der Waals surface area contributed by atoms with Gasteiger partial charge in [-0.2, -0.15) is 14.7 Å². The summed E-state index contributed by atoms with van der Waals surface area (Å²) in [5.74, 6) is 0.336. The number of amides is 1. The molecule has 4 heterocycles. The molecule has 1 saturated carbocycles. The third-order valence-corrected chi connectivity index (χ3v) is 5.42. The van der Waals surface area contributed by atoms with Crippen LogP contribution in [0.25, 0.3) is 11.3 Å². The number of nitrogens with one attached hydrogen (secondary N) is 3. The number of carbonyl (C=O) groups excluding carboxylic acids is 1. The Bertz CT molecular complexity index is 1440. The average Bonchev–Trinajstić information content (AvgIpc) is 3.15. The van der Waals surface area contributed by atoms with Crippen molar-refractivity contribution in [3.05, 3.63) is 57.9 Å². The maximum Gasteiger partial charge on any atom is 0.279 e. The molecule has 2 atom stereocenters. The lowest BCUT2D eigenvalue weighted by atomic mass is 10.3. The number of hydrogen-bond acceptors (Lipinski definition) is 7. The molecule has 170 valence electrons. The summed E-state index contributed by atoms with van der Waals surface area (Å²) in [5, 5.41) is 17.2. The van der Waals surface area contributed by atoms with Gasteiger partial charge in [-0.1, -0.05) is 11.6 Å². The fourth-order valence-corrected chi connectivity index (χ4v) is 3.63. The smallest absolute Gasteiger partial charge is 0.279 e. The van der Waals surface area contributed by atoms with Crippen molar-refractivity contribution in [1.82, 2.24) is 34.3 Å². The Kier molecular flexibility index (Phi) is 5.01. The predicted molar refractivity (Wildman–Crippen MR) is 120 cm³/mol. The number of anilines is 3. The van der Waals surface area contributed by atoms with Gasteiger partial charge in [-0.3, -0.25) is 18.8 Å². The van der Waals surface area contributed by atoms with Gasteiger partial charge in [-0.25, -0.2) is 9.37 Å². The third kappa shape index (κ3) is 3.89. The Morgan fingerprint density at radius 1 is 1.24 bits per heavy atom. The number of hydrogen-bond donors (Lipinski definition) is 3. The topological polar surface area (TPSA) is 123 Å². The summed E-state index contributed by atoms with van der Waals surface area (Å²) in [4.78, 5) is 30.1. The first kappa shape index (κ1) is 20.9. The van der Waals surface area contributed by atoms with Crippen LogP contribution in [0.5, 0.6) is 0 Å². The van der Waals surface area contributed by atoms with E-state index in [0.29, 0.717) is 22.9 Å². The molecule has 0 aromatic carbocycles. The summed E-state index contributed by atoms with van der Waals surface area (Å²) in [6.07, 6.45) is 5.36. The lowest BCUT2D eigenvalue weighted by Crippen LogP contribution is -2.27. The van der Waals surface area contributed by atoms with Crippen LogP contribution in [0.2, 0.25) is 5.02 Å². The summed E-state index contributed by atoms with van der Waals surface area (Å²) in [5.41, 5.74) is 0.789. The zero-order valence-corrected chi connectivity index (χ0v) is 18.3. The number of halogens is 2. The molecule has 3 N–H and O–H groups in total. The number of pyridine rings is 1. The van der Waals surface area contributed by atoms with Crippen LogP contribution in [0.4, 0.5) is 21.7 Å². The predicted octanol–water partition coefficient (Wildman–Crippen LogP) is 1.89. The molecule has 5 rings (SSSR count). The Hall–Kier alpha value is -3.93. The second kappa shape index (κ2) is 7.89. The maximum absolute atomic E-state index is 13.2. The lowest BCUT2D eigenvalue weighted by molar-refractivity contribution is 0.0949. The van der Waals surface area contributed by atoms with E-state index in [0.717, 1.165) is 0 Å². The zero-order chi connectivity index (χ0) is 23.3. The van der Waals surface area contributed by atoms with Crippen molar-refractivity contribution in [2.75, 3.05) is 17.7 Å². The van der Waals surface area contributed by atoms with Crippen molar-refractivity contribution in [3.8, 4) is 5.69 Å². The number of nitrogens with zero attached hydrogens (tertiary/aromatic N) is 6. The number of rotatable bonds is 6. The van der Waals surface area contributed by atoms with Crippen LogP contribution >= 0.6 is 11.6 Å². The number of carbonyl (C=O) groups is 1. The molecule has 0 bridgehead atoms. The van der Waals surface area contributed by atoms with E-state index in [-0.39, 0.29) is 28.3 Å². The van der Waals surface area contributed by atoms with Crippen molar-refractivity contribution >= 4 is 40.5 Å². The third-order valence-electron chi connectivity index (χ3n) is 5.22. The van der Waals surface area contributed by atoms with E-state index in [9.17, 15) is 14.0 Å². The highest BCUT2D eigenvalue weighted by atomic mass is 35.5. The van der Waals surface area contributed by atoms with Gasteiger partial charge >= 0.3 is 0 Å². The van der Waals surface area contributed by atoms with Gasteiger partial charge in [0.05, 0.1) is 29.1 Å². The monoisotopic (exact) mass is 471 g/mol. The second-order valence-corrected chi connectivity index (χ2v) is 8.08. The molecular weight excluding hydrogens is 453 g/mol. The van der Waals surface area contributed by atoms with Gasteiger partial charge in [0.2, 0.25) is 0 Å². The highest BCUT2D eigenvalue weighted by Crippen LogP contribution is 2.26. The Morgan fingerprint density at radius 3 is 2.70 bits per heavy atom. The summed E-state index contributed by atoms with van der Waals surface area (Å²) >= 11 is 6.26. The Morgan fingerprint density at radius 2 is 2.03 bits per heavy atom. The Labute approximate surface area is 191 Å². The molecule has 1 fully saturated rings. The minimum atomic E-state index is -1.03. The highest BCUT2D eigenvalue weighted by molar-refractivity contribution is 6.30. The molecule has 33 heavy (non-hydrogen) atoms. The minimum absolute atomic E-state index is 0.175. The first-order valence-corrected chi connectivity index (χ1v) is 10.4. The van der Waals surface area contributed by atoms with Crippen molar-refractivity contribution in [1.29, 1.82) is 0 Å². The van der Waals surface area contributed by atoms with Crippen molar-refractivity contribution < 1.29 is 9.18 Å². The quantitative estimate of drug-likeness (QED) is 0.392. The largest absolute Gasteiger partial charge is 0.373 e. The van der Waals surface area contributed by atoms with Crippen LogP contribution in [0.15, 0.2) is 41.7 Å². The van der Waals surface area contributed by atoms with E-state index < -0.39 is 18.1 Å². The maximum atomic E-state index is 13.2. The number of fused-ring (bicyclic) bond motifs is 1. The molecular formula is C20H19ClFN9O2. The normalized spacial score (nSPS) is 17.2. The number of alkyl halides is 1. The second-order valence-electron chi connectivity index (χ2n) is 7.65. The molecule has 0 radical (unpaired) electrons. The standard InChI is InChI=1S/C20H19ClFN9O2/c1-23-17-5-16(28-18-12(7-25-31(17)18)19(32)27-14-4-13(14)22)26-15-3-10(21)8-30(20(15)33)11-6-24-29(2)9-11/h3,5-9,13-14,23H,4H2,1-2H3,(H,26,28)(H,27,32)/t13-,14+/m1/s1. The molecule has 1 aliphatic rings. The van der Waals surface area contributed by atoms with E-state index in [2.05, 4.69) is 31.1 Å². The molecule has 13 heteroatoms. The van der Waals surface area contributed by atoms with Gasteiger partial charge in [0.25, 0.3) is 11.5 Å². The van der Waals surface area contributed by atoms with Gasteiger partial charge < -0.3 is 16.0 Å². The van der Waals surface area contributed by atoms with E-state index in [1.165, 1.54) is 27.5 Å². The molecule has 0 saturated heterocycles. The minimum Gasteiger partial charge on any atom is -0.373 e. The Balaban J connectivity index is 1.54. The van der Waals surface area contributed by atoms with Gasteiger partial charge in [0.15, 0.2) is 5.65 Å². The van der Waals surface area contributed by atoms with Crippen LogP contribution in [0.3, 0.4) is 0 Å². The molecule has 0 unspecified atom stereocenters. The molecule has 4 aromatic rings. The first-order valence-electron chi connectivity index (χ1n) is 10.0. The van der Waals surface area contributed by atoms with E-state index in [4.69, 9.17) is 11.6 Å². The van der Waals surface area contributed by atoms with E-state index in [1.54, 1.807) is 37.2 Å². The summed E-state index contributed by atoms with van der Waals surface area (Å²) in [7, 11) is 3.43. The summed E-state index contributed by atoms with van der Waals surface area (Å²) in [6, 6.07) is 2.63. The van der Waals surface area contributed by atoms with Crippen LogP contribution in [-0.2, 0) is 7.05 Å². The molecule has 0 aliphatic heterocycles. The van der Waals surface area contributed by atoms with Crippen molar-refractivity contribution in [3.63, 3.8) is 0 Å². The van der Waals surface area contributed by atoms with Crippen molar-refractivity contribution in [2.45, 2.75) is 18.6 Å². The van der Waals surface area contributed by atoms with E-state index in [1.807, 2.05) is 0 Å². The van der Waals surface area contributed by atoms with Crippen LogP contribution in [0.1, 0.15) is 16.8 Å². The molecule has 1 amide bonds. The average molecular weight is 472 g/mol. The van der Waals surface area contributed by atoms with Gasteiger partial charge in [0.1, 0.15) is 29.1 Å².